The number of methoxy groups -OCH3 is 1. The van der Waals surface area contributed by atoms with Gasteiger partial charge in [0.25, 0.3) is 0 Å². The van der Waals surface area contributed by atoms with Crippen molar-refractivity contribution < 1.29 is 14.3 Å². The van der Waals surface area contributed by atoms with Crippen LogP contribution in [0.3, 0.4) is 0 Å². The van der Waals surface area contributed by atoms with Gasteiger partial charge < -0.3 is 14.8 Å². The number of thioether (sulfide) groups is 1. The van der Waals surface area contributed by atoms with E-state index >= 15 is 0 Å². The number of esters is 1. The van der Waals surface area contributed by atoms with Gasteiger partial charge in [-0.15, -0.1) is 0 Å². The molecule has 2 rings (SSSR count). The number of benzene rings is 1. The molecular weight excluding hydrogens is 274 g/mol. The third-order valence-electron chi connectivity index (χ3n) is 3.37. The highest BCUT2D eigenvalue weighted by atomic mass is 32.2. The second-order valence-corrected chi connectivity index (χ2v) is 6.41. The SMILES string of the molecule is CCOC(=O)C1(Nc2cccc(OC)c2)CSC(C)C1. The second kappa shape index (κ2) is 6.39. The number of hydrogen-bond acceptors (Lipinski definition) is 5. The Morgan fingerprint density at radius 3 is 2.95 bits per heavy atom. The third kappa shape index (κ3) is 3.20. The fourth-order valence-electron chi connectivity index (χ4n) is 2.42. The molecule has 1 N–H and O–H groups in total. The molecule has 2 unspecified atom stereocenters. The number of rotatable bonds is 5. The van der Waals surface area contributed by atoms with Gasteiger partial charge in [-0.3, -0.25) is 0 Å². The molecule has 110 valence electrons. The van der Waals surface area contributed by atoms with Crippen molar-refractivity contribution in [2.45, 2.75) is 31.1 Å². The van der Waals surface area contributed by atoms with Crippen LogP contribution in [0.15, 0.2) is 24.3 Å². The van der Waals surface area contributed by atoms with E-state index in [9.17, 15) is 4.79 Å². The largest absolute Gasteiger partial charge is 0.497 e. The molecule has 0 saturated carbocycles. The summed E-state index contributed by atoms with van der Waals surface area (Å²) in [6.07, 6.45) is 0.772. The summed E-state index contributed by atoms with van der Waals surface area (Å²) in [5.74, 6) is 1.33. The van der Waals surface area contributed by atoms with Crippen LogP contribution in [-0.2, 0) is 9.53 Å². The quantitative estimate of drug-likeness (QED) is 0.846. The zero-order valence-electron chi connectivity index (χ0n) is 12.1. The van der Waals surface area contributed by atoms with E-state index in [0.29, 0.717) is 11.9 Å². The molecule has 20 heavy (non-hydrogen) atoms. The van der Waals surface area contributed by atoms with E-state index in [-0.39, 0.29) is 5.97 Å². The lowest BCUT2D eigenvalue weighted by Gasteiger charge is -2.28. The molecule has 1 aromatic carbocycles. The number of hydrogen-bond donors (Lipinski definition) is 1. The van der Waals surface area contributed by atoms with E-state index in [2.05, 4.69) is 12.2 Å². The molecule has 0 spiro atoms. The average molecular weight is 295 g/mol. The minimum atomic E-state index is -0.632. The predicted molar refractivity (Wildman–Crippen MR) is 82.5 cm³/mol. The van der Waals surface area contributed by atoms with Crippen molar-refractivity contribution in [1.82, 2.24) is 0 Å². The maximum absolute atomic E-state index is 12.3. The lowest BCUT2D eigenvalue weighted by atomic mass is 9.95. The zero-order valence-corrected chi connectivity index (χ0v) is 13.0. The second-order valence-electron chi connectivity index (χ2n) is 4.99. The van der Waals surface area contributed by atoms with E-state index < -0.39 is 5.54 Å². The maximum atomic E-state index is 12.3. The molecule has 5 heteroatoms. The minimum absolute atomic E-state index is 0.167. The van der Waals surface area contributed by atoms with Crippen LogP contribution in [0, 0.1) is 0 Å². The predicted octanol–water partition coefficient (Wildman–Crippen LogP) is 2.93. The van der Waals surface area contributed by atoms with Gasteiger partial charge in [-0.1, -0.05) is 13.0 Å². The van der Waals surface area contributed by atoms with E-state index in [1.807, 2.05) is 31.2 Å². The Kier molecular flexibility index (Phi) is 4.81. The first-order valence-electron chi connectivity index (χ1n) is 6.80. The van der Waals surface area contributed by atoms with Crippen LogP contribution in [0.1, 0.15) is 20.3 Å². The van der Waals surface area contributed by atoms with Gasteiger partial charge in [-0.25, -0.2) is 4.79 Å². The smallest absolute Gasteiger partial charge is 0.332 e. The number of carbonyl (C=O) groups is 1. The van der Waals surface area contributed by atoms with Crippen molar-refractivity contribution in [3.8, 4) is 5.75 Å². The van der Waals surface area contributed by atoms with Crippen molar-refractivity contribution in [1.29, 1.82) is 0 Å². The van der Waals surface area contributed by atoms with Gasteiger partial charge in [-0.05, 0) is 25.5 Å². The Hall–Kier alpha value is -1.36. The summed E-state index contributed by atoms with van der Waals surface area (Å²) in [6.45, 7) is 4.38. The fourth-order valence-corrected chi connectivity index (χ4v) is 3.70. The van der Waals surface area contributed by atoms with Gasteiger partial charge in [0.15, 0.2) is 0 Å². The molecule has 0 aliphatic carbocycles. The van der Waals surface area contributed by atoms with Crippen LogP contribution in [0.25, 0.3) is 0 Å². The first-order valence-corrected chi connectivity index (χ1v) is 7.85. The summed E-state index contributed by atoms with van der Waals surface area (Å²) in [4.78, 5) is 12.3. The van der Waals surface area contributed by atoms with Crippen LogP contribution >= 0.6 is 11.8 Å². The molecular formula is C15H21NO3S. The number of carbonyl (C=O) groups excluding carboxylic acids is 1. The summed E-state index contributed by atoms with van der Waals surface area (Å²) in [5.41, 5.74) is 0.249. The summed E-state index contributed by atoms with van der Waals surface area (Å²) in [6, 6.07) is 7.63. The van der Waals surface area contributed by atoms with Crippen molar-refractivity contribution in [3.63, 3.8) is 0 Å². The summed E-state index contributed by atoms with van der Waals surface area (Å²) < 4.78 is 10.5. The van der Waals surface area contributed by atoms with Crippen LogP contribution in [0.2, 0.25) is 0 Å². The Labute approximate surface area is 124 Å². The van der Waals surface area contributed by atoms with Gasteiger partial charge in [0, 0.05) is 22.8 Å². The molecule has 2 atom stereocenters. The molecule has 0 bridgehead atoms. The highest BCUT2D eigenvalue weighted by Gasteiger charge is 2.46. The average Bonchev–Trinajstić information content (AvgIpc) is 2.82. The van der Waals surface area contributed by atoms with E-state index in [1.165, 1.54) is 0 Å². The molecule has 1 fully saturated rings. The monoisotopic (exact) mass is 295 g/mol. The Morgan fingerprint density at radius 1 is 1.55 bits per heavy atom. The Bertz CT molecular complexity index is 480. The number of nitrogens with one attached hydrogen (secondary N) is 1. The highest BCUT2D eigenvalue weighted by Crippen LogP contribution is 2.38. The number of ether oxygens (including phenoxy) is 2. The van der Waals surface area contributed by atoms with Crippen LogP contribution < -0.4 is 10.1 Å². The van der Waals surface area contributed by atoms with Crippen molar-refractivity contribution in [3.05, 3.63) is 24.3 Å². The summed E-state index contributed by atoms with van der Waals surface area (Å²) in [7, 11) is 1.63. The van der Waals surface area contributed by atoms with Crippen molar-refractivity contribution >= 4 is 23.4 Å². The zero-order chi connectivity index (χ0) is 14.6. The molecule has 1 aliphatic heterocycles. The molecule has 1 aliphatic rings. The van der Waals surface area contributed by atoms with Gasteiger partial charge in [0.1, 0.15) is 11.3 Å². The molecule has 4 nitrogen and oxygen atoms in total. The molecule has 1 heterocycles. The van der Waals surface area contributed by atoms with Crippen molar-refractivity contribution in [2.24, 2.45) is 0 Å². The van der Waals surface area contributed by atoms with Gasteiger partial charge in [0.05, 0.1) is 13.7 Å². The van der Waals surface area contributed by atoms with Crippen LogP contribution in [-0.4, -0.2) is 36.2 Å². The molecule has 0 aromatic heterocycles. The van der Waals surface area contributed by atoms with Gasteiger partial charge in [-0.2, -0.15) is 11.8 Å². The first-order chi connectivity index (χ1) is 9.59. The Morgan fingerprint density at radius 2 is 2.35 bits per heavy atom. The van der Waals surface area contributed by atoms with Crippen molar-refractivity contribution in [2.75, 3.05) is 24.8 Å². The van der Waals surface area contributed by atoms with Gasteiger partial charge in [0.2, 0.25) is 0 Å². The molecule has 1 saturated heterocycles. The van der Waals surface area contributed by atoms with E-state index in [1.54, 1.807) is 18.9 Å². The summed E-state index contributed by atoms with van der Waals surface area (Å²) in [5, 5.41) is 3.81. The lowest BCUT2D eigenvalue weighted by Crippen LogP contribution is -2.48. The maximum Gasteiger partial charge on any atom is 0.332 e. The van der Waals surface area contributed by atoms with Gasteiger partial charge >= 0.3 is 5.97 Å². The normalized spacial score (nSPS) is 25.2. The lowest BCUT2D eigenvalue weighted by molar-refractivity contribution is -0.147. The molecule has 1 aromatic rings. The minimum Gasteiger partial charge on any atom is -0.497 e. The standard InChI is InChI=1S/C15H21NO3S/c1-4-19-14(17)15(9-11(2)20-10-15)16-12-6-5-7-13(8-12)18-3/h5-8,11,16H,4,9-10H2,1-3H3. The van der Waals surface area contributed by atoms with E-state index in [0.717, 1.165) is 23.6 Å². The van der Waals surface area contributed by atoms with E-state index in [4.69, 9.17) is 9.47 Å². The topological polar surface area (TPSA) is 47.6 Å². The Balaban J connectivity index is 2.21. The fraction of sp³-hybridized carbons (Fsp3) is 0.533. The summed E-state index contributed by atoms with van der Waals surface area (Å²) >= 11 is 1.79. The van der Waals surface area contributed by atoms with Crippen LogP contribution in [0.4, 0.5) is 5.69 Å². The third-order valence-corrected chi connectivity index (χ3v) is 4.76. The molecule has 0 radical (unpaired) electrons. The first kappa shape index (κ1) is 15.0. The molecule has 0 amide bonds. The highest BCUT2D eigenvalue weighted by molar-refractivity contribution is 8.00. The number of anilines is 1. The van der Waals surface area contributed by atoms with Crippen LogP contribution in [0.5, 0.6) is 5.75 Å².